The molecule has 6 nitrogen and oxygen atoms in total. The molecular weight excluding hydrogens is 322 g/mol. The van der Waals surface area contributed by atoms with Crippen LogP contribution in [0.15, 0.2) is 30.3 Å². The van der Waals surface area contributed by atoms with E-state index in [1.54, 1.807) is 6.92 Å². The zero-order valence-electron chi connectivity index (χ0n) is 14.8. The minimum absolute atomic E-state index is 0.0442. The van der Waals surface area contributed by atoms with Crippen LogP contribution in [0.25, 0.3) is 0 Å². The Bertz CT molecular complexity index is 566. The first kappa shape index (κ1) is 18.2. The number of ether oxygens (including phenoxy) is 3. The van der Waals surface area contributed by atoms with Gasteiger partial charge < -0.3 is 24.6 Å². The van der Waals surface area contributed by atoms with Crippen LogP contribution in [0.1, 0.15) is 37.7 Å². The first-order chi connectivity index (χ1) is 12.1. The Kier molecular flexibility index (Phi) is 5.93. The van der Waals surface area contributed by atoms with Gasteiger partial charge in [0.1, 0.15) is 6.04 Å². The van der Waals surface area contributed by atoms with E-state index in [-0.39, 0.29) is 18.6 Å². The Morgan fingerprint density at radius 3 is 2.76 bits per heavy atom. The molecule has 6 heteroatoms. The number of alkyl carbamates (subject to hydrolysis) is 1. The minimum atomic E-state index is -0.736. The van der Waals surface area contributed by atoms with Gasteiger partial charge in [-0.15, -0.1) is 0 Å². The highest BCUT2D eigenvalue weighted by Gasteiger charge is 2.48. The van der Waals surface area contributed by atoms with Gasteiger partial charge in [0.2, 0.25) is 0 Å². The van der Waals surface area contributed by atoms with Gasteiger partial charge in [0.05, 0.1) is 18.8 Å². The number of aliphatic hydroxyl groups excluding tert-OH is 1. The molecule has 0 aromatic heterocycles. The lowest BCUT2D eigenvalue weighted by atomic mass is 9.71. The summed E-state index contributed by atoms with van der Waals surface area (Å²) in [6, 6.07) is 9.72. The Hall–Kier alpha value is -1.63. The van der Waals surface area contributed by atoms with Crippen LogP contribution in [-0.2, 0) is 14.2 Å². The number of hydrogen-bond donors (Lipinski definition) is 2. The lowest BCUT2D eigenvalue weighted by Crippen LogP contribution is -2.62. The summed E-state index contributed by atoms with van der Waals surface area (Å²) in [5, 5.41) is 13.6. The lowest BCUT2D eigenvalue weighted by Gasteiger charge is -2.48. The van der Waals surface area contributed by atoms with Crippen molar-refractivity contribution in [1.82, 2.24) is 5.32 Å². The van der Waals surface area contributed by atoms with Gasteiger partial charge in [-0.3, -0.25) is 0 Å². The van der Waals surface area contributed by atoms with Gasteiger partial charge >= 0.3 is 6.09 Å². The highest BCUT2D eigenvalue weighted by molar-refractivity contribution is 5.67. The molecule has 1 aromatic carbocycles. The molecule has 2 fully saturated rings. The molecule has 1 heterocycles. The molecule has 2 N–H and O–H groups in total. The van der Waals surface area contributed by atoms with Crippen molar-refractivity contribution in [1.29, 1.82) is 0 Å². The van der Waals surface area contributed by atoms with E-state index in [2.05, 4.69) is 17.4 Å². The van der Waals surface area contributed by atoms with Crippen LogP contribution in [0.4, 0.5) is 4.79 Å². The third-order valence-electron chi connectivity index (χ3n) is 5.31. The summed E-state index contributed by atoms with van der Waals surface area (Å²) in [5.41, 5.74) is 1.29. The molecule has 6 atom stereocenters. The molecule has 0 bridgehead atoms. The van der Waals surface area contributed by atoms with Crippen LogP contribution in [0, 0.1) is 5.92 Å². The maximum absolute atomic E-state index is 11.8. The predicted molar refractivity (Wildman–Crippen MR) is 92.1 cm³/mol. The monoisotopic (exact) mass is 349 g/mol. The second-order valence-electron chi connectivity index (χ2n) is 6.74. The van der Waals surface area contributed by atoms with E-state index in [0.717, 1.165) is 19.3 Å². The SMILES string of the molecule is CCOC(=O)NC1C(OC)OC2CCC(c3ccccc3)CC2C1O. The van der Waals surface area contributed by atoms with Crippen molar-refractivity contribution in [2.45, 2.75) is 56.6 Å². The number of aliphatic hydroxyl groups is 1. The van der Waals surface area contributed by atoms with Gasteiger partial charge in [-0.25, -0.2) is 4.79 Å². The average molecular weight is 349 g/mol. The number of fused-ring (bicyclic) bond motifs is 1. The van der Waals surface area contributed by atoms with Crippen molar-refractivity contribution < 1.29 is 24.1 Å². The van der Waals surface area contributed by atoms with E-state index in [1.807, 2.05) is 18.2 Å². The van der Waals surface area contributed by atoms with Crippen molar-refractivity contribution in [3.05, 3.63) is 35.9 Å². The molecule has 25 heavy (non-hydrogen) atoms. The molecule has 2 aliphatic rings. The van der Waals surface area contributed by atoms with Gasteiger partial charge in [0.15, 0.2) is 6.29 Å². The van der Waals surface area contributed by atoms with Crippen molar-refractivity contribution in [3.63, 3.8) is 0 Å². The molecule has 1 aliphatic heterocycles. The molecule has 0 radical (unpaired) electrons. The Balaban J connectivity index is 1.72. The van der Waals surface area contributed by atoms with Crippen LogP contribution >= 0.6 is 0 Å². The fourth-order valence-electron chi connectivity index (χ4n) is 4.08. The summed E-state index contributed by atoms with van der Waals surface area (Å²) in [6.45, 7) is 2.01. The van der Waals surface area contributed by atoms with E-state index >= 15 is 0 Å². The number of amides is 1. The summed E-state index contributed by atoms with van der Waals surface area (Å²) in [6.07, 6.45) is 0.685. The third-order valence-corrected chi connectivity index (χ3v) is 5.31. The largest absolute Gasteiger partial charge is 0.450 e. The molecule has 1 saturated carbocycles. The smallest absolute Gasteiger partial charge is 0.407 e. The molecule has 6 unspecified atom stereocenters. The third kappa shape index (κ3) is 3.97. The number of carbonyl (C=O) groups is 1. The number of hydrogen-bond acceptors (Lipinski definition) is 5. The zero-order valence-corrected chi connectivity index (χ0v) is 14.8. The van der Waals surface area contributed by atoms with Gasteiger partial charge in [-0.05, 0) is 37.7 Å². The highest BCUT2D eigenvalue weighted by Crippen LogP contribution is 2.43. The molecule has 1 aliphatic carbocycles. The van der Waals surface area contributed by atoms with E-state index in [9.17, 15) is 9.90 Å². The topological polar surface area (TPSA) is 77.0 Å². The molecule has 3 rings (SSSR count). The molecule has 0 spiro atoms. The first-order valence-electron chi connectivity index (χ1n) is 8.98. The summed E-state index contributed by atoms with van der Waals surface area (Å²) >= 11 is 0. The van der Waals surface area contributed by atoms with Crippen molar-refractivity contribution >= 4 is 6.09 Å². The average Bonchev–Trinajstić information content (AvgIpc) is 2.64. The van der Waals surface area contributed by atoms with Gasteiger partial charge in [0.25, 0.3) is 0 Å². The Labute approximate surface area is 148 Å². The molecule has 138 valence electrons. The molecule has 1 aromatic rings. The maximum atomic E-state index is 11.8. The number of carbonyl (C=O) groups excluding carboxylic acids is 1. The summed E-state index contributed by atoms with van der Waals surface area (Å²) in [5.74, 6) is 0.348. The Morgan fingerprint density at radius 2 is 2.08 bits per heavy atom. The molecular formula is C19H27NO5. The zero-order chi connectivity index (χ0) is 17.8. The van der Waals surface area contributed by atoms with Crippen LogP contribution in [0.3, 0.4) is 0 Å². The van der Waals surface area contributed by atoms with E-state index in [0.29, 0.717) is 5.92 Å². The second-order valence-corrected chi connectivity index (χ2v) is 6.74. The van der Waals surface area contributed by atoms with E-state index in [1.165, 1.54) is 12.7 Å². The molecule has 1 amide bonds. The summed E-state index contributed by atoms with van der Waals surface area (Å²) in [4.78, 5) is 11.8. The van der Waals surface area contributed by atoms with Crippen molar-refractivity contribution in [3.8, 4) is 0 Å². The van der Waals surface area contributed by atoms with E-state index in [4.69, 9.17) is 14.2 Å². The normalized spacial score (nSPS) is 34.8. The Morgan fingerprint density at radius 1 is 1.32 bits per heavy atom. The van der Waals surface area contributed by atoms with Gasteiger partial charge in [0, 0.05) is 13.0 Å². The minimum Gasteiger partial charge on any atom is -0.450 e. The summed E-state index contributed by atoms with van der Waals surface area (Å²) in [7, 11) is 1.52. The lowest BCUT2D eigenvalue weighted by molar-refractivity contribution is -0.249. The summed E-state index contributed by atoms with van der Waals surface area (Å²) < 4.78 is 16.3. The molecule has 1 saturated heterocycles. The highest BCUT2D eigenvalue weighted by atomic mass is 16.7. The first-order valence-corrected chi connectivity index (χ1v) is 8.98. The van der Waals surface area contributed by atoms with Crippen LogP contribution < -0.4 is 5.32 Å². The maximum Gasteiger partial charge on any atom is 0.407 e. The van der Waals surface area contributed by atoms with E-state index < -0.39 is 24.5 Å². The van der Waals surface area contributed by atoms with Gasteiger partial charge in [-0.2, -0.15) is 0 Å². The quantitative estimate of drug-likeness (QED) is 0.873. The fourth-order valence-corrected chi connectivity index (χ4v) is 4.08. The number of rotatable bonds is 4. The number of nitrogens with one attached hydrogen (secondary N) is 1. The van der Waals surface area contributed by atoms with Gasteiger partial charge in [-0.1, -0.05) is 30.3 Å². The van der Waals surface area contributed by atoms with Crippen LogP contribution in [-0.4, -0.2) is 49.5 Å². The van der Waals surface area contributed by atoms with Crippen LogP contribution in [0.5, 0.6) is 0 Å². The predicted octanol–water partition coefficient (Wildman–Crippen LogP) is 2.42. The second kappa shape index (κ2) is 8.17. The fraction of sp³-hybridized carbons (Fsp3) is 0.632. The number of benzene rings is 1. The van der Waals surface area contributed by atoms with Crippen molar-refractivity contribution in [2.75, 3.05) is 13.7 Å². The van der Waals surface area contributed by atoms with Crippen molar-refractivity contribution in [2.24, 2.45) is 5.92 Å². The van der Waals surface area contributed by atoms with Crippen LogP contribution in [0.2, 0.25) is 0 Å². The standard InChI is InChI=1S/C19H27NO5/c1-3-24-19(22)20-16-17(21)14-11-13(12-7-5-4-6-8-12)9-10-15(14)25-18(16)23-2/h4-8,13-18,21H,3,9-11H2,1-2H3,(H,20,22). The number of methoxy groups -OCH3 is 1.